The number of aryl methyl sites for hydroxylation is 1. The van der Waals surface area contributed by atoms with Gasteiger partial charge in [0.1, 0.15) is 5.76 Å². The van der Waals surface area contributed by atoms with Gasteiger partial charge in [0.05, 0.1) is 11.9 Å². The van der Waals surface area contributed by atoms with Gasteiger partial charge < -0.3 is 14.2 Å². The van der Waals surface area contributed by atoms with Crippen LogP contribution in [0.3, 0.4) is 0 Å². The Hall–Kier alpha value is -1.45. The third kappa shape index (κ3) is 3.20. The Bertz CT molecular complexity index is 702. The summed E-state index contributed by atoms with van der Waals surface area (Å²) in [5, 5.41) is 3.35. The second-order valence-corrected chi connectivity index (χ2v) is 8.54. The number of carbonyl (C=O) groups excluding carboxylic acids is 1. The van der Waals surface area contributed by atoms with Crippen molar-refractivity contribution in [3.8, 4) is 0 Å². The molecular formula is C15H23N3O5S. The number of hydrogen-bond donors (Lipinski definition) is 0. The molecule has 0 radical (unpaired) electrons. The molecule has 3 heterocycles. The number of ether oxygens (including phenoxy) is 1. The summed E-state index contributed by atoms with van der Waals surface area (Å²) in [5.41, 5.74) is 0.282. The van der Waals surface area contributed by atoms with Crippen LogP contribution in [-0.2, 0) is 14.8 Å². The summed E-state index contributed by atoms with van der Waals surface area (Å²) in [6, 6.07) is 1.61. The van der Waals surface area contributed by atoms with Crippen molar-refractivity contribution in [2.45, 2.75) is 25.0 Å². The van der Waals surface area contributed by atoms with Crippen molar-refractivity contribution in [2.75, 3.05) is 39.9 Å². The average molecular weight is 357 g/mol. The third-order valence-electron chi connectivity index (χ3n) is 4.84. The molecule has 134 valence electrons. The first kappa shape index (κ1) is 17.4. The topological polar surface area (TPSA) is 92.9 Å². The zero-order chi connectivity index (χ0) is 17.3. The van der Waals surface area contributed by atoms with Gasteiger partial charge in [0.25, 0.3) is 5.91 Å². The van der Waals surface area contributed by atoms with Gasteiger partial charge in [-0.1, -0.05) is 5.16 Å². The van der Waals surface area contributed by atoms with E-state index >= 15 is 0 Å². The lowest BCUT2D eigenvalue weighted by atomic mass is 10.0. The van der Waals surface area contributed by atoms with Crippen LogP contribution < -0.4 is 0 Å². The Labute approximate surface area is 141 Å². The number of likely N-dealkylation sites (tertiary alicyclic amines) is 1. The van der Waals surface area contributed by atoms with Crippen LogP contribution in [0.15, 0.2) is 10.6 Å². The molecule has 2 fully saturated rings. The molecule has 0 N–H and O–H groups in total. The van der Waals surface area contributed by atoms with E-state index < -0.39 is 15.3 Å². The van der Waals surface area contributed by atoms with Crippen molar-refractivity contribution in [2.24, 2.45) is 5.92 Å². The van der Waals surface area contributed by atoms with E-state index in [9.17, 15) is 13.2 Å². The minimum Gasteiger partial charge on any atom is -0.383 e. The number of methoxy groups -OCH3 is 1. The summed E-state index contributed by atoms with van der Waals surface area (Å²) in [6.45, 7) is 4.00. The van der Waals surface area contributed by atoms with Crippen molar-refractivity contribution < 1.29 is 22.5 Å². The van der Waals surface area contributed by atoms with Crippen LogP contribution in [0, 0.1) is 12.8 Å². The molecule has 3 rings (SSSR count). The summed E-state index contributed by atoms with van der Waals surface area (Å²) >= 11 is 0. The number of nitrogens with zero attached hydrogens (tertiary/aromatic N) is 3. The Morgan fingerprint density at radius 2 is 2.17 bits per heavy atom. The fourth-order valence-corrected chi connectivity index (χ4v) is 5.76. The van der Waals surface area contributed by atoms with E-state index in [1.165, 1.54) is 4.31 Å². The smallest absolute Gasteiger partial charge is 0.276 e. The van der Waals surface area contributed by atoms with Crippen molar-refractivity contribution in [1.29, 1.82) is 0 Å². The van der Waals surface area contributed by atoms with Gasteiger partial charge in [-0.2, -0.15) is 4.31 Å². The molecule has 2 saturated heterocycles. The molecule has 2 aliphatic rings. The summed E-state index contributed by atoms with van der Waals surface area (Å²) in [5.74, 6) is 0.450. The number of rotatable bonds is 4. The van der Waals surface area contributed by atoms with Crippen LogP contribution in [0.2, 0.25) is 0 Å². The third-order valence-corrected chi connectivity index (χ3v) is 7.28. The lowest BCUT2D eigenvalue weighted by molar-refractivity contribution is 0.0748. The van der Waals surface area contributed by atoms with Crippen LogP contribution in [0.25, 0.3) is 0 Å². The summed E-state index contributed by atoms with van der Waals surface area (Å²) in [6.07, 6.45) is 1.13. The number of hydrogen-bond acceptors (Lipinski definition) is 6. The molecule has 0 unspecified atom stereocenters. The molecule has 2 atom stereocenters. The Balaban J connectivity index is 1.68. The normalized spacial score (nSPS) is 27.0. The van der Waals surface area contributed by atoms with Gasteiger partial charge in [0.2, 0.25) is 10.0 Å². The number of fused-ring (bicyclic) bond motifs is 1. The summed E-state index contributed by atoms with van der Waals surface area (Å²) in [7, 11) is -1.75. The molecule has 0 aliphatic carbocycles. The minimum absolute atomic E-state index is 0.0590. The van der Waals surface area contributed by atoms with Crippen LogP contribution >= 0.6 is 0 Å². The maximum absolute atomic E-state index is 12.7. The van der Waals surface area contributed by atoms with Crippen molar-refractivity contribution >= 4 is 15.9 Å². The highest BCUT2D eigenvalue weighted by Gasteiger charge is 2.47. The standard InChI is InChI=1S/C15H23N3O5S/c1-11-9-13(16-23-11)15(19)17-5-3-12-10-18(7-8-22-2)24(20,21)14(12)4-6-17/h9,12,14H,3-8,10H2,1-2H3/t12-,14+/m0/s1. The molecule has 1 aromatic heterocycles. The lowest BCUT2D eigenvalue weighted by Crippen LogP contribution is -2.35. The second-order valence-electron chi connectivity index (χ2n) is 6.39. The number of sulfonamides is 1. The molecule has 9 heteroatoms. The first-order chi connectivity index (χ1) is 11.4. The van der Waals surface area contributed by atoms with Crippen molar-refractivity contribution in [3.63, 3.8) is 0 Å². The number of aromatic nitrogens is 1. The maximum atomic E-state index is 12.7. The van der Waals surface area contributed by atoms with Gasteiger partial charge >= 0.3 is 0 Å². The average Bonchev–Trinajstić information content (AvgIpc) is 2.98. The first-order valence-corrected chi connectivity index (χ1v) is 9.64. The van der Waals surface area contributed by atoms with E-state index in [2.05, 4.69) is 5.16 Å². The molecule has 24 heavy (non-hydrogen) atoms. The molecule has 1 aromatic rings. The Morgan fingerprint density at radius 3 is 2.83 bits per heavy atom. The fourth-order valence-electron chi connectivity index (χ4n) is 3.54. The van der Waals surface area contributed by atoms with Gasteiger partial charge in [-0.3, -0.25) is 4.79 Å². The largest absolute Gasteiger partial charge is 0.383 e. The highest BCUT2D eigenvalue weighted by atomic mass is 32.2. The van der Waals surface area contributed by atoms with E-state index in [0.29, 0.717) is 51.4 Å². The van der Waals surface area contributed by atoms with Crippen LogP contribution in [-0.4, -0.2) is 73.8 Å². The molecule has 1 amide bonds. The SMILES string of the molecule is COCCN1C[C@@H]2CCN(C(=O)c3cc(C)on3)CC[C@H]2S1(=O)=O. The van der Waals surface area contributed by atoms with E-state index in [1.54, 1.807) is 25.0 Å². The minimum atomic E-state index is -3.31. The predicted molar refractivity (Wildman–Crippen MR) is 86.0 cm³/mol. The first-order valence-electron chi connectivity index (χ1n) is 8.14. The molecule has 8 nitrogen and oxygen atoms in total. The zero-order valence-corrected chi connectivity index (χ0v) is 14.8. The van der Waals surface area contributed by atoms with Gasteiger partial charge in [-0.25, -0.2) is 8.42 Å². The molecule has 0 aromatic carbocycles. The van der Waals surface area contributed by atoms with Crippen molar-refractivity contribution in [1.82, 2.24) is 14.4 Å². The highest BCUT2D eigenvalue weighted by Crippen LogP contribution is 2.34. The number of amides is 1. The Kier molecular flexibility index (Phi) is 4.93. The Morgan fingerprint density at radius 1 is 1.42 bits per heavy atom. The van der Waals surface area contributed by atoms with Crippen LogP contribution in [0.4, 0.5) is 0 Å². The van der Waals surface area contributed by atoms with E-state index in [0.717, 1.165) is 0 Å². The molecular weight excluding hydrogens is 334 g/mol. The van der Waals surface area contributed by atoms with Gasteiger partial charge in [-0.15, -0.1) is 0 Å². The van der Waals surface area contributed by atoms with E-state index in [1.807, 2.05) is 0 Å². The molecule has 2 aliphatic heterocycles. The number of carbonyl (C=O) groups is 1. The fraction of sp³-hybridized carbons (Fsp3) is 0.733. The summed E-state index contributed by atoms with van der Waals surface area (Å²) in [4.78, 5) is 14.2. The molecule has 0 saturated carbocycles. The quantitative estimate of drug-likeness (QED) is 0.779. The monoisotopic (exact) mass is 357 g/mol. The zero-order valence-electron chi connectivity index (χ0n) is 14.0. The molecule has 0 spiro atoms. The second kappa shape index (κ2) is 6.81. The van der Waals surface area contributed by atoms with Crippen molar-refractivity contribution in [3.05, 3.63) is 17.5 Å². The van der Waals surface area contributed by atoms with Gasteiger partial charge in [0.15, 0.2) is 5.69 Å². The van der Waals surface area contributed by atoms with Crippen LogP contribution in [0.1, 0.15) is 29.1 Å². The maximum Gasteiger partial charge on any atom is 0.276 e. The van der Waals surface area contributed by atoms with E-state index in [4.69, 9.17) is 9.26 Å². The molecule has 0 bridgehead atoms. The predicted octanol–water partition coefficient (Wildman–Crippen LogP) is 0.496. The van der Waals surface area contributed by atoms with Gasteiger partial charge in [0, 0.05) is 39.4 Å². The highest BCUT2D eigenvalue weighted by molar-refractivity contribution is 7.90. The van der Waals surface area contributed by atoms with E-state index in [-0.39, 0.29) is 17.5 Å². The van der Waals surface area contributed by atoms with Gasteiger partial charge in [-0.05, 0) is 25.7 Å². The lowest BCUT2D eigenvalue weighted by Gasteiger charge is -2.21. The summed E-state index contributed by atoms with van der Waals surface area (Å²) < 4.78 is 36.8. The van der Waals surface area contributed by atoms with Crippen LogP contribution in [0.5, 0.6) is 0 Å².